The highest BCUT2D eigenvalue weighted by atomic mass is 32.2. The molecule has 12 nitrogen and oxygen atoms in total. The van der Waals surface area contributed by atoms with Crippen molar-refractivity contribution in [2.45, 2.75) is 16.1 Å². The lowest BCUT2D eigenvalue weighted by molar-refractivity contribution is -0.0264. The molecule has 0 aliphatic carbocycles. The van der Waals surface area contributed by atoms with E-state index in [4.69, 9.17) is 24.4 Å². The lowest BCUT2D eigenvalue weighted by Crippen LogP contribution is -2.61. The average molecular weight is 647 g/mol. The summed E-state index contributed by atoms with van der Waals surface area (Å²) >= 11 is 1.65. The first-order valence-corrected chi connectivity index (χ1v) is 17.6. The molecule has 0 atom stereocenters. The van der Waals surface area contributed by atoms with Gasteiger partial charge in [-0.1, -0.05) is 30.0 Å². The van der Waals surface area contributed by atoms with Crippen molar-refractivity contribution in [1.29, 1.82) is 0 Å². The van der Waals surface area contributed by atoms with Crippen molar-refractivity contribution in [2.24, 2.45) is 0 Å². The third-order valence-electron chi connectivity index (χ3n) is 8.81. The van der Waals surface area contributed by atoms with Gasteiger partial charge in [0.1, 0.15) is 0 Å². The second-order valence-electron chi connectivity index (χ2n) is 11.5. The molecule has 3 aliphatic rings. The van der Waals surface area contributed by atoms with Crippen LogP contribution in [-0.4, -0.2) is 119 Å². The van der Waals surface area contributed by atoms with Gasteiger partial charge in [-0.05, 0) is 24.3 Å². The number of nitrogens with zero attached hydrogens (tertiary/aromatic N) is 8. The maximum atomic E-state index is 13.5. The average Bonchev–Trinajstić information content (AvgIpc) is 3.68. The highest BCUT2D eigenvalue weighted by Gasteiger charge is 2.32. The van der Waals surface area contributed by atoms with Crippen molar-refractivity contribution in [2.75, 3.05) is 76.6 Å². The predicted octanol–water partition coefficient (Wildman–Crippen LogP) is 2.72. The molecule has 3 aliphatic heterocycles. The van der Waals surface area contributed by atoms with E-state index in [0.29, 0.717) is 30.5 Å². The molecule has 3 saturated heterocycles. The molecule has 5 aromatic rings. The van der Waals surface area contributed by atoms with Crippen molar-refractivity contribution in [3.05, 3.63) is 67.3 Å². The van der Waals surface area contributed by atoms with Crippen molar-refractivity contribution < 1.29 is 17.9 Å². The van der Waals surface area contributed by atoms with Gasteiger partial charge >= 0.3 is 0 Å². The van der Waals surface area contributed by atoms with E-state index in [2.05, 4.69) is 19.5 Å². The summed E-state index contributed by atoms with van der Waals surface area (Å²) in [6.07, 6.45) is 7.19. The van der Waals surface area contributed by atoms with Crippen LogP contribution in [0.1, 0.15) is 0 Å². The van der Waals surface area contributed by atoms with Crippen LogP contribution < -0.4 is 5.01 Å². The first-order valence-electron chi connectivity index (χ1n) is 15.2. The summed E-state index contributed by atoms with van der Waals surface area (Å²) in [6, 6.07) is 12.6. The quantitative estimate of drug-likeness (QED) is 0.183. The minimum atomic E-state index is -3.78. The van der Waals surface area contributed by atoms with Crippen molar-refractivity contribution in [3.8, 4) is 11.3 Å². The SMILES string of the molecule is O=S(=O)(c1ccccc1)n1ccc2c(-c3cn(N4CCOCC4)c4nc(SCN5CC(N6CCOCC6)C5)ncc34)nccc21. The summed E-state index contributed by atoms with van der Waals surface area (Å²) in [7, 11) is -3.78. The summed E-state index contributed by atoms with van der Waals surface area (Å²) in [6.45, 7) is 8.52. The van der Waals surface area contributed by atoms with E-state index in [-0.39, 0.29) is 4.90 Å². The zero-order valence-electron chi connectivity index (χ0n) is 24.7. The Balaban J connectivity index is 1.11. The number of aromatic nitrogens is 5. The largest absolute Gasteiger partial charge is 0.379 e. The topological polar surface area (TPSA) is 111 Å². The van der Waals surface area contributed by atoms with Gasteiger partial charge in [0.05, 0.1) is 61.5 Å². The van der Waals surface area contributed by atoms with Gasteiger partial charge < -0.3 is 14.5 Å². The van der Waals surface area contributed by atoms with Crippen LogP contribution in [0.5, 0.6) is 0 Å². The molecule has 8 rings (SSSR count). The molecule has 0 radical (unpaired) electrons. The Morgan fingerprint density at radius 1 is 0.889 bits per heavy atom. The predicted molar refractivity (Wildman–Crippen MR) is 173 cm³/mol. The summed E-state index contributed by atoms with van der Waals surface area (Å²) in [5.41, 5.74) is 2.90. The fourth-order valence-electron chi connectivity index (χ4n) is 6.36. The summed E-state index contributed by atoms with van der Waals surface area (Å²) < 4.78 is 41.6. The Labute approximate surface area is 265 Å². The minimum absolute atomic E-state index is 0.234. The van der Waals surface area contributed by atoms with Crippen LogP contribution >= 0.6 is 11.8 Å². The number of benzene rings is 1. The molecule has 1 aromatic carbocycles. The van der Waals surface area contributed by atoms with Gasteiger partial charge in [-0.2, -0.15) is 0 Å². The van der Waals surface area contributed by atoms with Crippen LogP contribution in [0.3, 0.4) is 0 Å². The normalized spacial score (nSPS) is 19.0. The highest BCUT2D eigenvalue weighted by molar-refractivity contribution is 7.99. The summed E-state index contributed by atoms with van der Waals surface area (Å²) in [5.74, 6) is 0.835. The van der Waals surface area contributed by atoms with Crippen molar-refractivity contribution in [1.82, 2.24) is 33.4 Å². The zero-order valence-corrected chi connectivity index (χ0v) is 26.4. The number of hydrogen-bond donors (Lipinski definition) is 0. The molecule has 0 saturated carbocycles. The van der Waals surface area contributed by atoms with E-state index >= 15 is 0 Å². The van der Waals surface area contributed by atoms with Crippen LogP contribution in [0.4, 0.5) is 0 Å². The molecule has 4 aromatic heterocycles. The molecule has 234 valence electrons. The lowest BCUT2D eigenvalue weighted by Gasteiger charge is -2.46. The molecule has 7 heterocycles. The fraction of sp³-hybridized carbons (Fsp3) is 0.387. The Morgan fingerprint density at radius 2 is 1.64 bits per heavy atom. The number of fused-ring (bicyclic) bond motifs is 2. The van der Waals surface area contributed by atoms with Crippen LogP contribution in [0, 0.1) is 0 Å². The molecule has 3 fully saturated rings. The van der Waals surface area contributed by atoms with Crippen LogP contribution in [0.15, 0.2) is 77.3 Å². The van der Waals surface area contributed by atoms with E-state index in [1.807, 2.05) is 18.5 Å². The van der Waals surface area contributed by atoms with Gasteiger partial charge in [-0.3, -0.25) is 14.8 Å². The lowest BCUT2D eigenvalue weighted by atomic mass is 10.1. The number of morpholine rings is 2. The third kappa shape index (κ3) is 5.38. The van der Waals surface area contributed by atoms with Gasteiger partial charge in [0.25, 0.3) is 10.0 Å². The minimum Gasteiger partial charge on any atom is -0.379 e. The monoisotopic (exact) mass is 646 g/mol. The number of hydrogen-bond acceptors (Lipinski definition) is 11. The number of pyridine rings is 1. The highest BCUT2D eigenvalue weighted by Crippen LogP contribution is 2.35. The van der Waals surface area contributed by atoms with Crippen LogP contribution in [0.2, 0.25) is 0 Å². The second kappa shape index (κ2) is 12.0. The Morgan fingerprint density at radius 3 is 2.42 bits per heavy atom. The number of ether oxygens (including phenoxy) is 2. The van der Waals surface area contributed by atoms with Crippen LogP contribution in [-0.2, 0) is 19.5 Å². The molecular formula is C31H34N8O4S2. The zero-order chi connectivity index (χ0) is 30.4. The molecule has 0 amide bonds. The molecule has 14 heteroatoms. The molecule has 0 spiro atoms. The first kappa shape index (κ1) is 28.9. The molecule has 0 unspecified atom stereocenters. The van der Waals surface area contributed by atoms with E-state index in [9.17, 15) is 8.42 Å². The molecular weight excluding hydrogens is 613 g/mol. The smallest absolute Gasteiger partial charge is 0.268 e. The summed E-state index contributed by atoms with van der Waals surface area (Å²) in [4.78, 5) is 19.8. The number of rotatable bonds is 8. The van der Waals surface area contributed by atoms with E-state index in [1.165, 1.54) is 3.97 Å². The maximum Gasteiger partial charge on any atom is 0.268 e. The Hall–Kier alpha value is -3.53. The van der Waals surface area contributed by atoms with Gasteiger partial charge in [-0.15, -0.1) is 0 Å². The van der Waals surface area contributed by atoms with E-state index in [1.54, 1.807) is 60.6 Å². The van der Waals surface area contributed by atoms with Crippen molar-refractivity contribution >= 4 is 43.7 Å². The molecule has 45 heavy (non-hydrogen) atoms. The summed E-state index contributed by atoms with van der Waals surface area (Å²) in [5, 5.41) is 4.55. The van der Waals surface area contributed by atoms with Gasteiger partial charge in [0.2, 0.25) is 0 Å². The molecule has 0 N–H and O–H groups in total. The van der Waals surface area contributed by atoms with Crippen LogP contribution in [0.25, 0.3) is 33.2 Å². The number of thioether (sulfide) groups is 1. The van der Waals surface area contributed by atoms with Crippen molar-refractivity contribution in [3.63, 3.8) is 0 Å². The van der Waals surface area contributed by atoms with Gasteiger partial charge in [0.15, 0.2) is 10.8 Å². The molecule has 0 bridgehead atoms. The number of likely N-dealkylation sites (tertiary alicyclic amines) is 1. The van der Waals surface area contributed by atoms with Gasteiger partial charge in [0, 0.05) is 73.3 Å². The van der Waals surface area contributed by atoms with E-state index < -0.39 is 10.0 Å². The Kier molecular flexibility index (Phi) is 7.71. The maximum absolute atomic E-state index is 13.5. The second-order valence-corrected chi connectivity index (χ2v) is 14.2. The standard InChI is InChI=1S/C31H34N8O4S2/c40-45(41,24-4-2-1-3-5-24)39-9-7-25-28(39)6-8-32-29(25)27-21-38(37-12-16-43-17-13-37)30-26(27)18-33-31(34-30)44-22-35-19-23(20-35)36-10-14-42-15-11-36/h1-9,18,21,23H,10-17,19-20,22H2. The van der Waals surface area contributed by atoms with Gasteiger partial charge in [-0.25, -0.2) is 27.0 Å². The fourth-order valence-corrected chi connectivity index (χ4v) is 8.52. The Bertz CT molecular complexity index is 1930. The van der Waals surface area contributed by atoms with E-state index in [0.717, 1.165) is 85.5 Å². The third-order valence-corrected chi connectivity index (χ3v) is 11.5. The first-order chi connectivity index (χ1) is 22.1.